The van der Waals surface area contributed by atoms with E-state index in [2.05, 4.69) is 18.2 Å². The van der Waals surface area contributed by atoms with Gasteiger partial charge >= 0.3 is 0 Å². The van der Waals surface area contributed by atoms with E-state index in [0.717, 1.165) is 16.7 Å². The van der Waals surface area contributed by atoms with Crippen molar-refractivity contribution < 1.29 is 4.74 Å². The van der Waals surface area contributed by atoms with Crippen molar-refractivity contribution >= 4 is 10.8 Å². The molecule has 0 aliphatic heterocycles. The molecule has 21 heavy (non-hydrogen) atoms. The molecule has 0 saturated carbocycles. The summed E-state index contributed by atoms with van der Waals surface area (Å²) in [6.45, 7) is 2.01. The highest BCUT2D eigenvalue weighted by Gasteiger charge is 2.17. The molecule has 2 N–H and O–H groups in total. The molecule has 3 aromatic carbocycles. The molecule has 0 bridgehead atoms. The fourth-order valence-corrected chi connectivity index (χ4v) is 2.52. The lowest BCUT2D eigenvalue weighted by Gasteiger charge is -2.22. The molecule has 0 heterocycles. The highest BCUT2D eigenvalue weighted by atomic mass is 16.5. The predicted molar refractivity (Wildman–Crippen MR) is 87.4 cm³/mol. The van der Waals surface area contributed by atoms with Crippen LogP contribution in [-0.2, 0) is 0 Å². The highest BCUT2D eigenvalue weighted by molar-refractivity contribution is 5.88. The molecule has 3 rings (SSSR count). The molecule has 0 amide bonds. The van der Waals surface area contributed by atoms with Gasteiger partial charge in [0.2, 0.25) is 0 Å². The number of hydrogen-bond acceptors (Lipinski definition) is 2. The maximum atomic E-state index is 6.31. The first-order chi connectivity index (χ1) is 10.3. The Bertz CT molecular complexity index is 718. The summed E-state index contributed by atoms with van der Waals surface area (Å²) in [6.07, 6.45) is -0.0989. The molecule has 2 heteroatoms. The van der Waals surface area contributed by atoms with Crippen molar-refractivity contribution in [3.63, 3.8) is 0 Å². The van der Waals surface area contributed by atoms with Crippen LogP contribution in [-0.4, -0.2) is 6.10 Å². The molecule has 106 valence electrons. The third-order valence-corrected chi connectivity index (χ3v) is 3.75. The van der Waals surface area contributed by atoms with Gasteiger partial charge in [-0.25, -0.2) is 0 Å². The summed E-state index contributed by atoms with van der Waals surface area (Å²) in [4.78, 5) is 0. The molecule has 2 atom stereocenters. The molecule has 0 saturated heterocycles. The molecule has 0 radical (unpaired) electrons. The molecule has 3 aromatic rings. The number of ether oxygens (including phenoxy) is 1. The monoisotopic (exact) mass is 277 g/mol. The molecule has 0 aromatic heterocycles. The SMILES string of the molecule is CC(Oc1cccc2ccccc12)C(N)c1ccccc1. The van der Waals surface area contributed by atoms with Gasteiger partial charge in [0.05, 0.1) is 6.04 Å². The summed E-state index contributed by atoms with van der Waals surface area (Å²) in [5.41, 5.74) is 7.39. The first-order valence-electron chi connectivity index (χ1n) is 7.20. The maximum Gasteiger partial charge on any atom is 0.127 e. The molecule has 2 unspecified atom stereocenters. The lowest BCUT2D eigenvalue weighted by atomic mass is 10.0. The van der Waals surface area contributed by atoms with Crippen LogP contribution < -0.4 is 10.5 Å². The Kier molecular flexibility index (Phi) is 3.89. The summed E-state index contributed by atoms with van der Waals surface area (Å²) in [5, 5.41) is 2.29. The van der Waals surface area contributed by atoms with E-state index in [4.69, 9.17) is 10.5 Å². The smallest absolute Gasteiger partial charge is 0.127 e. The van der Waals surface area contributed by atoms with Crippen LogP contribution in [0.5, 0.6) is 5.75 Å². The van der Waals surface area contributed by atoms with Crippen molar-refractivity contribution in [2.24, 2.45) is 5.73 Å². The Balaban J connectivity index is 1.85. The molecule has 2 nitrogen and oxygen atoms in total. The Morgan fingerprint density at radius 2 is 1.48 bits per heavy atom. The van der Waals surface area contributed by atoms with E-state index in [-0.39, 0.29) is 12.1 Å². The van der Waals surface area contributed by atoms with Gasteiger partial charge in [-0.2, -0.15) is 0 Å². The molecule has 0 aliphatic rings. The van der Waals surface area contributed by atoms with Crippen LogP contribution >= 0.6 is 0 Å². The summed E-state index contributed by atoms with van der Waals surface area (Å²) < 4.78 is 6.12. The van der Waals surface area contributed by atoms with Gasteiger partial charge in [-0.05, 0) is 23.9 Å². The lowest BCUT2D eigenvalue weighted by Crippen LogP contribution is -2.28. The van der Waals surface area contributed by atoms with Crippen LogP contribution in [0.25, 0.3) is 10.8 Å². The standard InChI is InChI=1S/C19H19NO/c1-14(19(20)16-9-3-2-4-10-16)21-18-13-7-11-15-8-5-6-12-17(15)18/h2-14,19H,20H2,1H3. The normalized spacial score (nSPS) is 13.8. The molecule has 0 aliphatic carbocycles. The van der Waals surface area contributed by atoms with Crippen LogP contribution in [0.4, 0.5) is 0 Å². The summed E-state index contributed by atoms with van der Waals surface area (Å²) in [5.74, 6) is 0.881. The van der Waals surface area contributed by atoms with E-state index in [1.807, 2.05) is 61.5 Å². The molecule has 0 spiro atoms. The first kappa shape index (κ1) is 13.7. The number of benzene rings is 3. The van der Waals surface area contributed by atoms with E-state index < -0.39 is 0 Å². The Hall–Kier alpha value is -2.32. The second-order valence-corrected chi connectivity index (χ2v) is 5.24. The largest absolute Gasteiger partial charge is 0.488 e. The number of nitrogens with two attached hydrogens (primary N) is 1. The minimum Gasteiger partial charge on any atom is -0.488 e. The van der Waals surface area contributed by atoms with Gasteiger partial charge in [-0.3, -0.25) is 0 Å². The Morgan fingerprint density at radius 3 is 2.29 bits per heavy atom. The number of hydrogen-bond donors (Lipinski definition) is 1. The van der Waals surface area contributed by atoms with E-state index in [1.165, 1.54) is 5.39 Å². The van der Waals surface area contributed by atoms with E-state index >= 15 is 0 Å². The minimum atomic E-state index is -0.148. The quantitative estimate of drug-likeness (QED) is 0.771. The lowest BCUT2D eigenvalue weighted by molar-refractivity contribution is 0.193. The van der Waals surface area contributed by atoms with Gasteiger partial charge in [0, 0.05) is 5.39 Å². The fourth-order valence-electron chi connectivity index (χ4n) is 2.52. The minimum absolute atomic E-state index is 0.0989. The van der Waals surface area contributed by atoms with Crippen LogP contribution in [0.15, 0.2) is 72.8 Å². The summed E-state index contributed by atoms with van der Waals surface area (Å²) >= 11 is 0. The Labute approximate surface area is 125 Å². The number of rotatable bonds is 4. The zero-order chi connectivity index (χ0) is 14.7. The zero-order valence-corrected chi connectivity index (χ0v) is 12.1. The van der Waals surface area contributed by atoms with E-state index in [0.29, 0.717) is 0 Å². The third kappa shape index (κ3) is 2.91. The first-order valence-corrected chi connectivity index (χ1v) is 7.20. The van der Waals surface area contributed by atoms with Crippen molar-refractivity contribution in [2.45, 2.75) is 19.1 Å². The van der Waals surface area contributed by atoms with Gasteiger partial charge in [0.1, 0.15) is 11.9 Å². The van der Waals surface area contributed by atoms with Crippen molar-refractivity contribution in [3.8, 4) is 5.75 Å². The molecular weight excluding hydrogens is 258 g/mol. The average Bonchev–Trinajstić information content (AvgIpc) is 2.55. The maximum absolute atomic E-state index is 6.31. The van der Waals surface area contributed by atoms with Crippen LogP contribution in [0.3, 0.4) is 0 Å². The topological polar surface area (TPSA) is 35.2 Å². The second kappa shape index (κ2) is 5.98. The van der Waals surface area contributed by atoms with Gasteiger partial charge in [0.15, 0.2) is 0 Å². The molecule has 0 fully saturated rings. The predicted octanol–water partition coefficient (Wildman–Crippen LogP) is 4.31. The van der Waals surface area contributed by atoms with Gasteiger partial charge < -0.3 is 10.5 Å². The van der Waals surface area contributed by atoms with Gasteiger partial charge in [0.25, 0.3) is 0 Å². The van der Waals surface area contributed by atoms with Crippen LogP contribution in [0.1, 0.15) is 18.5 Å². The van der Waals surface area contributed by atoms with Crippen LogP contribution in [0, 0.1) is 0 Å². The van der Waals surface area contributed by atoms with Crippen molar-refractivity contribution in [3.05, 3.63) is 78.4 Å². The van der Waals surface area contributed by atoms with Gasteiger partial charge in [-0.1, -0.05) is 66.7 Å². The zero-order valence-electron chi connectivity index (χ0n) is 12.1. The van der Waals surface area contributed by atoms with Crippen molar-refractivity contribution in [2.75, 3.05) is 0 Å². The van der Waals surface area contributed by atoms with Crippen LogP contribution in [0.2, 0.25) is 0 Å². The summed E-state index contributed by atoms with van der Waals surface area (Å²) in [6, 6.07) is 24.2. The van der Waals surface area contributed by atoms with E-state index in [1.54, 1.807) is 0 Å². The fraction of sp³-hybridized carbons (Fsp3) is 0.158. The summed E-state index contributed by atoms with van der Waals surface area (Å²) in [7, 11) is 0. The third-order valence-electron chi connectivity index (χ3n) is 3.75. The average molecular weight is 277 g/mol. The molecular formula is C19H19NO. The van der Waals surface area contributed by atoms with Crippen molar-refractivity contribution in [1.29, 1.82) is 0 Å². The van der Waals surface area contributed by atoms with E-state index in [9.17, 15) is 0 Å². The highest BCUT2D eigenvalue weighted by Crippen LogP contribution is 2.28. The Morgan fingerprint density at radius 1 is 0.810 bits per heavy atom. The van der Waals surface area contributed by atoms with Crippen molar-refractivity contribution in [1.82, 2.24) is 0 Å². The number of fused-ring (bicyclic) bond motifs is 1. The second-order valence-electron chi connectivity index (χ2n) is 5.24. The van der Waals surface area contributed by atoms with Gasteiger partial charge in [-0.15, -0.1) is 0 Å².